The fraction of sp³-hybridized carbons (Fsp3) is 0.278. The highest BCUT2D eigenvalue weighted by Crippen LogP contribution is 2.20. The Kier molecular flexibility index (Phi) is 5.38. The molecular formula is C18H20O3. The highest BCUT2D eigenvalue weighted by atomic mass is 16.5. The first-order chi connectivity index (χ1) is 10.2. The molecule has 0 radical (unpaired) electrons. The maximum absolute atomic E-state index is 12.2. The van der Waals surface area contributed by atoms with Gasteiger partial charge in [0.1, 0.15) is 11.5 Å². The summed E-state index contributed by atoms with van der Waals surface area (Å²) in [5, 5.41) is 0. The van der Waals surface area contributed by atoms with Gasteiger partial charge < -0.3 is 9.47 Å². The largest absolute Gasteiger partial charge is 0.493 e. The lowest BCUT2D eigenvalue weighted by Crippen LogP contribution is -2.08. The summed E-state index contributed by atoms with van der Waals surface area (Å²) in [7, 11) is 0. The van der Waals surface area contributed by atoms with E-state index in [0.717, 1.165) is 11.3 Å². The van der Waals surface area contributed by atoms with Gasteiger partial charge >= 0.3 is 0 Å². The van der Waals surface area contributed by atoms with Crippen LogP contribution < -0.4 is 9.47 Å². The lowest BCUT2D eigenvalue weighted by Gasteiger charge is -2.10. The number of hydrogen-bond acceptors (Lipinski definition) is 3. The maximum atomic E-state index is 12.2. The van der Waals surface area contributed by atoms with Crippen molar-refractivity contribution >= 4 is 5.78 Å². The summed E-state index contributed by atoms with van der Waals surface area (Å²) in [5.74, 6) is 1.47. The molecule has 0 aliphatic heterocycles. The third kappa shape index (κ3) is 4.35. The number of ether oxygens (including phenoxy) is 2. The van der Waals surface area contributed by atoms with Crippen LogP contribution in [0.5, 0.6) is 11.5 Å². The van der Waals surface area contributed by atoms with Crippen LogP contribution in [0.1, 0.15) is 29.3 Å². The summed E-state index contributed by atoms with van der Waals surface area (Å²) in [6.07, 6.45) is 0.331. The van der Waals surface area contributed by atoms with Crippen molar-refractivity contribution in [3.8, 4) is 11.5 Å². The number of aryl methyl sites for hydroxylation is 1. The molecule has 0 aliphatic rings. The zero-order valence-corrected chi connectivity index (χ0v) is 12.5. The molecule has 2 rings (SSSR count). The Morgan fingerprint density at radius 1 is 1.05 bits per heavy atom. The van der Waals surface area contributed by atoms with E-state index in [2.05, 4.69) is 0 Å². The van der Waals surface area contributed by atoms with Gasteiger partial charge in [-0.3, -0.25) is 4.79 Å². The zero-order chi connectivity index (χ0) is 15.1. The lowest BCUT2D eigenvalue weighted by atomic mass is 10.1. The first kappa shape index (κ1) is 15.1. The second kappa shape index (κ2) is 7.48. The smallest absolute Gasteiger partial charge is 0.169 e. The molecule has 21 heavy (non-hydrogen) atoms. The summed E-state index contributed by atoms with van der Waals surface area (Å²) in [6, 6.07) is 15.1. The van der Waals surface area contributed by atoms with Gasteiger partial charge in [0, 0.05) is 6.42 Å². The summed E-state index contributed by atoms with van der Waals surface area (Å²) in [5.41, 5.74) is 1.76. The quantitative estimate of drug-likeness (QED) is 0.720. The second-order valence-electron chi connectivity index (χ2n) is 4.77. The predicted octanol–water partition coefficient (Wildman–Crippen LogP) is 4.05. The van der Waals surface area contributed by atoms with E-state index in [4.69, 9.17) is 9.47 Å². The molecule has 0 saturated carbocycles. The third-order valence-electron chi connectivity index (χ3n) is 3.07. The molecule has 0 aliphatic carbocycles. The van der Waals surface area contributed by atoms with Gasteiger partial charge in [-0.25, -0.2) is 0 Å². The molecule has 110 valence electrons. The zero-order valence-electron chi connectivity index (χ0n) is 12.5. The number of Topliss-reactive ketones (excluding diaryl/α,β-unsaturated/α-hetero) is 1. The van der Waals surface area contributed by atoms with Crippen LogP contribution in [-0.2, 0) is 0 Å². The average Bonchev–Trinajstić information content (AvgIpc) is 2.48. The Balaban J connectivity index is 1.93. The van der Waals surface area contributed by atoms with E-state index in [0.29, 0.717) is 30.9 Å². The maximum Gasteiger partial charge on any atom is 0.169 e. The topological polar surface area (TPSA) is 35.5 Å². The Labute approximate surface area is 125 Å². The molecule has 0 saturated heterocycles. The van der Waals surface area contributed by atoms with Gasteiger partial charge in [0.15, 0.2) is 5.78 Å². The number of carbonyl (C=O) groups excluding carboxylic acids is 1. The molecular weight excluding hydrogens is 264 g/mol. The van der Waals surface area contributed by atoms with E-state index in [9.17, 15) is 4.79 Å². The van der Waals surface area contributed by atoms with Crippen LogP contribution in [0.3, 0.4) is 0 Å². The normalized spacial score (nSPS) is 10.2. The fourth-order valence-corrected chi connectivity index (χ4v) is 2.08. The van der Waals surface area contributed by atoms with Crippen LogP contribution in [0.25, 0.3) is 0 Å². The summed E-state index contributed by atoms with van der Waals surface area (Å²) in [6.45, 7) is 4.82. The van der Waals surface area contributed by atoms with E-state index < -0.39 is 0 Å². The van der Waals surface area contributed by atoms with Gasteiger partial charge in [0.2, 0.25) is 0 Å². The van der Waals surface area contributed by atoms with Crippen LogP contribution in [-0.4, -0.2) is 19.0 Å². The number of ketones is 1. The average molecular weight is 284 g/mol. The van der Waals surface area contributed by atoms with Crippen LogP contribution in [0.4, 0.5) is 0 Å². The standard InChI is InChI=1S/C18H20O3/c1-3-20-18-10-5-4-9-16(18)17(19)11-12-21-15-8-6-7-14(2)13-15/h4-10,13H,3,11-12H2,1-2H3. The van der Waals surface area contributed by atoms with E-state index in [1.165, 1.54) is 0 Å². The van der Waals surface area contributed by atoms with E-state index >= 15 is 0 Å². The molecule has 2 aromatic rings. The monoisotopic (exact) mass is 284 g/mol. The Morgan fingerprint density at radius 2 is 1.86 bits per heavy atom. The number of para-hydroxylation sites is 1. The molecule has 0 spiro atoms. The van der Waals surface area contributed by atoms with Gasteiger partial charge in [0.25, 0.3) is 0 Å². The van der Waals surface area contributed by atoms with Crippen molar-refractivity contribution in [3.05, 3.63) is 59.7 Å². The molecule has 3 heteroatoms. The van der Waals surface area contributed by atoms with E-state index in [-0.39, 0.29) is 5.78 Å². The van der Waals surface area contributed by atoms with Crippen molar-refractivity contribution in [3.63, 3.8) is 0 Å². The second-order valence-corrected chi connectivity index (χ2v) is 4.77. The van der Waals surface area contributed by atoms with Crippen molar-refractivity contribution in [2.75, 3.05) is 13.2 Å². The van der Waals surface area contributed by atoms with Gasteiger partial charge in [-0.1, -0.05) is 24.3 Å². The van der Waals surface area contributed by atoms with Crippen molar-refractivity contribution in [1.82, 2.24) is 0 Å². The summed E-state index contributed by atoms with van der Waals surface area (Å²) < 4.78 is 11.1. The highest BCUT2D eigenvalue weighted by Gasteiger charge is 2.11. The third-order valence-corrected chi connectivity index (χ3v) is 3.07. The van der Waals surface area contributed by atoms with Crippen LogP contribution in [0.2, 0.25) is 0 Å². The summed E-state index contributed by atoms with van der Waals surface area (Å²) in [4.78, 5) is 12.2. The lowest BCUT2D eigenvalue weighted by molar-refractivity contribution is 0.0958. The SMILES string of the molecule is CCOc1ccccc1C(=O)CCOc1cccc(C)c1. The molecule has 0 amide bonds. The van der Waals surface area contributed by atoms with Crippen molar-refractivity contribution in [2.24, 2.45) is 0 Å². The van der Waals surface area contributed by atoms with Crippen LogP contribution in [0.15, 0.2) is 48.5 Å². The fourth-order valence-electron chi connectivity index (χ4n) is 2.08. The number of benzene rings is 2. The minimum atomic E-state index is 0.0340. The molecule has 0 bridgehead atoms. The van der Waals surface area contributed by atoms with Crippen LogP contribution >= 0.6 is 0 Å². The van der Waals surface area contributed by atoms with Gasteiger partial charge in [-0.2, -0.15) is 0 Å². The molecule has 0 fully saturated rings. The molecule has 0 N–H and O–H groups in total. The Morgan fingerprint density at radius 3 is 2.62 bits per heavy atom. The van der Waals surface area contributed by atoms with Crippen molar-refractivity contribution < 1.29 is 14.3 Å². The minimum absolute atomic E-state index is 0.0340. The van der Waals surface area contributed by atoms with Gasteiger partial charge in [-0.15, -0.1) is 0 Å². The predicted molar refractivity (Wildman–Crippen MR) is 83.2 cm³/mol. The first-order valence-corrected chi connectivity index (χ1v) is 7.15. The number of hydrogen-bond donors (Lipinski definition) is 0. The van der Waals surface area contributed by atoms with Gasteiger partial charge in [-0.05, 0) is 43.7 Å². The molecule has 0 atom stereocenters. The van der Waals surface area contributed by atoms with E-state index in [1.54, 1.807) is 6.07 Å². The molecule has 0 aromatic heterocycles. The minimum Gasteiger partial charge on any atom is -0.493 e. The number of carbonyl (C=O) groups is 1. The molecule has 0 heterocycles. The van der Waals surface area contributed by atoms with E-state index in [1.807, 2.05) is 56.3 Å². The molecule has 0 unspecified atom stereocenters. The Hall–Kier alpha value is -2.29. The van der Waals surface area contributed by atoms with Crippen LogP contribution in [0, 0.1) is 6.92 Å². The highest BCUT2D eigenvalue weighted by molar-refractivity contribution is 5.98. The Bertz CT molecular complexity index is 605. The van der Waals surface area contributed by atoms with Gasteiger partial charge in [0.05, 0.1) is 18.8 Å². The van der Waals surface area contributed by atoms with Crippen molar-refractivity contribution in [2.45, 2.75) is 20.3 Å². The first-order valence-electron chi connectivity index (χ1n) is 7.15. The molecule has 2 aromatic carbocycles. The molecule has 3 nitrogen and oxygen atoms in total. The summed E-state index contributed by atoms with van der Waals surface area (Å²) >= 11 is 0. The number of rotatable bonds is 7. The van der Waals surface area contributed by atoms with Crippen molar-refractivity contribution in [1.29, 1.82) is 0 Å².